The van der Waals surface area contributed by atoms with Crippen LogP contribution in [0.2, 0.25) is 0 Å². The zero-order chi connectivity index (χ0) is 15.2. The van der Waals surface area contributed by atoms with Gasteiger partial charge in [0, 0.05) is 17.5 Å². The minimum Gasteiger partial charge on any atom is -0.345 e. The second kappa shape index (κ2) is 5.44. The molecule has 2 heteroatoms. The van der Waals surface area contributed by atoms with Gasteiger partial charge in [0.2, 0.25) is 0 Å². The highest BCUT2D eigenvalue weighted by molar-refractivity contribution is 5.23. The topological polar surface area (TPSA) is 28.7 Å². The first-order valence-electron chi connectivity index (χ1n) is 8.93. The molecule has 2 atom stereocenters. The molecule has 21 heavy (non-hydrogen) atoms. The van der Waals surface area contributed by atoms with E-state index in [1.807, 2.05) is 0 Å². The van der Waals surface area contributed by atoms with Gasteiger partial charge in [-0.15, -0.1) is 0 Å². The third-order valence-corrected chi connectivity index (χ3v) is 5.94. The zero-order valence-electron chi connectivity index (χ0n) is 14.5. The number of aromatic amines is 1. The average Bonchev–Trinajstić information content (AvgIpc) is 2.82. The fourth-order valence-corrected chi connectivity index (χ4v) is 4.58. The van der Waals surface area contributed by atoms with Gasteiger partial charge in [0.15, 0.2) is 0 Å². The van der Waals surface area contributed by atoms with Crippen LogP contribution < -0.4 is 0 Å². The van der Waals surface area contributed by atoms with Crippen molar-refractivity contribution >= 4 is 0 Å². The molecular weight excluding hydrogens is 256 g/mol. The Bertz CT molecular complexity index is 486. The Labute approximate surface area is 130 Å². The van der Waals surface area contributed by atoms with Crippen molar-refractivity contribution in [2.75, 3.05) is 0 Å². The summed E-state index contributed by atoms with van der Waals surface area (Å²) in [5.74, 6) is 4.30. The molecule has 1 N–H and O–H groups in total. The molecule has 0 saturated heterocycles. The fourth-order valence-electron chi connectivity index (χ4n) is 4.58. The lowest BCUT2D eigenvalue weighted by atomic mass is 9.70. The molecule has 0 aromatic carbocycles. The standard InChI is InChI=1S/C19H32N2/c1-12-10-13(2)17-16(11-12)20-18(21-17)14-6-8-15(9-7-14)19(3,4)5/h12-15H,6-11H2,1-5H3,(H,20,21). The first kappa shape index (κ1) is 15.1. The molecule has 0 spiro atoms. The summed E-state index contributed by atoms with van der Waals surface area (Å²) in [5.41, 5.74) is 3.28. The Morgan fingerprint density at radius 2 is 1.71 bits per heavy atom. The van der Waals surface area contributed by atoms with Crippen LogP contribution in [0.3, 0.4) is 0 Å². The maximum absolute atomic E-state index is 5.02. The maximum Gasteiger partial charge on any atom is 0.109 e. The average molecular weight is 288 g/mol. The number of hydrogen-bond acceptors (Lipinski definition) is 1. The maximum atomic E-state index is 5.02. The minimum atomic E-state index is 0.470. The number of fused-ring (bicyclic) bond motifs is 1. The monoisotopic (exact) mass is 288 g/mol. The molecule has 0 radical (unpaired) electrons. The zero-order valence-corrected chi connectivity index (χ0v) is 14.5. The van der Waals surface area contributed by atoms with Crippen LogP contribution in [-0.2, 0) is 6.42 Å². The lowest BCUT2D eigenvalue weighted by Crippen LogP contribution is -2.25. The van der Waals surface area contributed by atoms with Crippen LogP contribution in [-0.4, -0.2) is 9.97 Å². The third-order valence-electron chi connectivity index (χ3n) is 5.94. The largest absolute Gasteiger partial charge is 0.345 e. The molecular formula is C19H32N2. The molecule has 3 rings (SSSR count). The van der Waals surface area contributed by atoms with Crippen molar-refractivity contribution in [2.24, 2.45) is 17.3 Å². The summed E-state index contributed by atoms with van der Waals surface area (Å²) in [4.78, 5) is 8.73. The molecule has 1 fully saturated rings. The summed E-state index contributed by atoms with van der Waals surface area (Å²) in [6, 6.07) is 0. The second-order valence-electron chi connectivity index (χ2n) is 8.85. The van der Waals surface area contributed by atoms with E-state index in [0.29, 0.717) is 17.3 Å². The van der Waals surface area contributed by atoms with Gasteiger partial charge in [0.25, 0.3) is 0 Å². The van der Waals surface area contributed by atoms with Crippen LogP contribution >= 0.6 is 0 Å². The van der Waals surface area contributed by atoms with Crippen LogP contribution in [0.25, 0.3) is 0 Å². The molecule has 2 unspecified atom stereocenters. The molecule has 1 aromatic heterocycles. The molecule has 0 amide bonds. The van der Waals surface area contributed by atoms with Crippen LogP contribution in [0.1, 0.15) is 95.8 Å². The Morgan fingerprint density at radius 1 is 1.05 bits per heavy atom. The van der Waals surface area contributed by atoms with Gasteiger partial charge in [0.05, 0.1) is 5.69 Å². The van der Waals surface area contributed by atoms with E-state index in [1.165, 1.54) is 55.7 Å². The first-order valence-corrected chi connectivity index (χ1v) is 8.93. The van der Waals surface area contributed by atoms with Crippen LogP contribution in [0.4, 0.5) is 0 Å². The molecule has 2 aliphatic rings. The molecule has 118 valence electrons. The van der Waals surface area contributed by atoms with Gasteiger partial charge in [-0.3, -0.25) is 0 Å². The van der Waals surface area contributed by atoms with Crippen molar-refractivity contribution in [1.82, 2.24) is 9.97 Å². The smallest absolute Gasteiger partial charge is 0.109 e. The van der Waals surface area contributed by atoms with E-state index in [2.05, 4.69) is 39.6 Å². The molecule has 1 saturated carbocycles. The third kappa shape index (κ3) is 3.05. The predicted molar refractivity (Wildman–Crippen MR) is 88.6 cm³/mol. The van der Waals surface area contributed by atoms with Crippen molar-refractivity contribution in [3.63, 3.8) is 0 Å². The van der Waals surface area contributed by atoms with Crippen LogP contribution in [0.5, 0.6) is 0 Å². The van der Waals surface area contributed by atoms with Gasteiger partial charge < -0.3 is 4.98 Å². The minimum absolute atomic E-state index is 0.470. The van der Waals surface area contributed by atoms with E-state index < -0.39 is 0 Å². The van der Waals surface area contributed by atoms with Crippen molar-refractivity contribution < 1.29 is 0 Å². The van der Waals surface area contributed by atoms with Crippen LogP contribution in [0.15, 0.2) is 0 Å². The Hall–Kier alpha value is -0.790. The Kier molecular flexibility index (Phi) is 3.92. The Balaban J connectivity index is 1.71. The highest BCUT2D eigenvalue weighted by Crippen LogP contribution is 2.43. The first-order chi connectivity index (χ1) is 9.84. The van der Waals surface area contributed by atoms with Gasteiger partial charge >= 0.3 is 0 Å². The summed E-state index contributed by atoms with van der Waals surface area (Å²) in [7, 11) is 0. The number of rotatable bonds is 1. The highest BCUT2D eigenvalue weighted by atomic mass is 15.0. The lowest BCUT2D eigenvalue weighted by molar-refractivity contribution is 0.167. The van der Waals surface area contributed by atoms with Gasteiger partial charge in [-0.05, 0) is 55.8 Å². The molecule has 0 bridgehead atoms. The Morgan fingerprint density at radius 3 is 2.33 bits per heavy atom. The van der Waals surface area contributed by atoms with Gasteiger partial charge in [-0.2, -0.15) is 0 Å². The molecule has 2 aliphatic carbocycles. The number of nitrogens with one attached hydrogen (secondary N) is 1. The molecule has 0 aliphatic heterocycles. The van der Waals surface area contributed by atoms with Crippen molar-refractivity contribution in [3.05, 3.63) is 17.2 Å². The van der Waals surface area contributed by atoms with Crippen molar-refractivity contribution in [1.29, 1.82) is 0 Å². The summed E-state index contributed by atoms with van der Waals surface area (Å²) in [6.45, 7) is 11.9. The van der Waals surface area contributed by atoms with Gasteiger partial charge in [-0.25, -0.2) is 4.98 Å². The van der Waals surface area contributed by atoms with E-state index in [0.717, 1.165) is 11.8 Å². The SMILES string of the molecule is CC1Cc2[nH]c(C3CCC(C(C)(C)C)CC3)nc2C(C)C1. The van der Waals surface area contributed by atoms with E-state index >= 15 is 0 Å². The second-order valence-corrected chi connectivity index (χ2v) is 8.85. The predicted octanol–water partition coefficient (Wildman–Crippen LogP) is 5.42. The van der Waals surface area contributed by atoms with Crippen LogP contribution in [0, 0.1) is 17.3 Å². The summed E-state index contributed by atoms with van der Waals surface area (Å²) >= 11 is 0. The summed E-state index contributed by atoms with van der Waals surface area (Å²) < 4.78 is 0. The number of hydrogen-bond donors (Lipinski definition) is 1. The number of aromatic nitrogens is 2. The molecule has 1 heterocycles. The van der Waals surface area contributed by atoms with E-state index in [4.69, 9.17) is 4.98 Å². The number of H-pyrrole nitrogens is 1. The van der Waals surface area contributed by atoms with Gasteiger partial charge in [-0.1, -0.05) is 34.6 Å². The van der Waals surface area contributed by atoms with Gasteiger partial charge in [0.1, 0.15) is 5.82 Å². The summed E-state index contributed by atoms with van der Waals surface area (Å²) in [5, 5.41) is 0. The van der Waals surface area contributed by atoms with E-state index in [1.54, 1.807) is 0 Å². The number of nitrogens with zero attached hydrogens (tertiary/aromatic N) is 1. The highest BCUT2D eigenvalue weighted by Gasteiger charge is 2.33. The number of imidazole rings is 1. The fraction of sp³-hybridized carbons (Fsp3) is 0.842. The van der Waals surface area contributed by atoms with Crippen molar-refractivity contribution in [2.45, 2.75) is 85.0 Å². The molecule has 2 nitrogen and oxygen atoms in total. The summed E-state index contributed by atoms with van der Waals surface area (Å²) in [6.07, 6.45) is 7.87. The van der Waals surface area contributed by atoms with E-state index in [9.17, 15) is 0 Å². The molecule has 1 aromatic rings. The lowest BCUT2D eigenvalue weighted by Gasteiger charge is -2.36. The quantitative estimate of drug-likeness (QED) is 0.735. The van der Waals surface area contributed by atoms with Crippen molar-refractivity contribution in [3.8, 4) is 0 Å². The normalized spacial score (nSPS) is 33.8. The van der Waals surface area contributed by atoms with E-state index in [-0.39, 0.29) is 0 Å².